The monoisotopic (exact) mass is 715 g/mol. The van der Waals surface area contributed by atoms with E-state index >= 15 is 0 Å². The number of aromatic nitrogens is 3. The van der Waals surface area contributed by atoms with Crippen molar-refractivity contribution >= 4 is 50.2 Å². The van der Waals surface area contributed by atoms with Gasteiger partial charge < -0.3 is 24.0 Å². The van der Waals surface area contributed by atoms with Crippen LogP contribution in [0, 0.1) is 6.92 Å². The predicted molar refractivity (Wildman–Crippen MR) is 201 cm³/mol. The van der Waals surface area contributed by atoms with Gasteiger partial charge in [-0.25, -0.2) is 14.8 Å². The number of aliphatic carboxylic acids is 1. The van der Waals surface area contributed by atoms with Gasteiger partial charge in [0.25, 0.3) is 0 Å². The number of pyridine rings is 1. The third kappa shape index (κ3) is 7.07. The summed E-state index contributed by atoms with van der Waals surface area (Å²) < 4.78 is 14.9. The first kappa shape index (κ1) is 35.0. The molecule has 5 heterocycles. The number of carboxylic acid groups (broad SMARTS) is 1. The molecular weight excluding hydrogens is 670 g/mol. The van der Waals surface area contributed by atoms with Gasteiger partial charge in [-0.2, -0.15) is 0 Å². The number of nitrogens with zero attached hydrogens (tertiary/aromatic N) is 5. The molecule has 1 unspecified atom stereocenters. The number of hydrogen-bond donors (Lipinski definition) is 1. The quantitative estimate of drug-likeness (QED) is 0.155. The van der Waals surface area contributed by atoms with E-state index in [-0.39, 0.29) is 0 Å². The van der Waals surface area contributed by atoms with Crippen molar-refractivity contribution in [1.82, 2.24) is 24.3 Å². The van der Waals surface area contributed by atoms with Crippen LogP contribution >= 0.6 is 22.9 Å². The Morgan fingerprint density at radius 1 is 1.14 bits per heavy atom. The van der Waals surface area contributed by atoms with Crippen LogP contribution in [-0.2, 0) is 20.8 Å². The second-order valence-corrected chi connectivity index (χ2v) is 16.4. The van der Waals surface area contributed by atoms with Crippen LogP contribution in [0.15, 0.2) is 48.8 Å². The molecule has 2 aliphatic rings. The van der Waals surface area contributed by atoms with E-state index in [1.807, 2.05) is 64.2 Å². The van der Waals surface area contributed by atoms with Gasteiger partial charge >= 0.3 is 5.97 Å². The fraction of sp³-hybridized carbons (Fsp3) is 0.462. The van der Waals surface area contributed by atoms with Crippen molar-refractivity contribution in [3.63, 3.8) is 0 Å². The number of hydrogen-bond acceptors (Lipinski definition) is 8. The topological polar surface area (TPSA) is 93.0 Å². The molecule has 264 valence electrons. The van der Waals surface area contributed by atoms with Crippen molar-refractivity contribution in [3.05, 3.63) is 70.5 Å². The highest BCUT2D eigenvalue weighted by Gasteiger charge is 2.33. The Kier molecular flexibility index (Phi) is 9.79. The number of ether oxygens (including phenoxy) is 2. The predicted octanol–water partition coefficient (Wildman–Crippen LogP) is 8.02. The number of likely N-dealkylation sites (tertiary alicyclic amines) is 1. The van der Waals surface area contributed by atoms with Crippen molar-refractivity contribution in [2.75, 3.05) is 46.9 Å². The smallest absolute Gasteiger partial charge is 0.337 e. The summed E-state index contributed by atoms with van der Waals surface area (Å²) in [4.78, 5) is 27.8. The summed E-state index contributed by atoms with van der Waals surface area (Å²) in [5.41, 5.74) is 6.58. The second-order valence-electron chi connectivity index (χ2n) is 15.0. The Morgan fingerprint density at radius 2 is 1.86 bits per heavy atom. The Hall–Kier alpha value is -3.38. The molecule has 0 saturated carbocycles. The maximum Gasteiger partial charge on any atom is 0.337 e. The molecule has 0 spiro atoms. The summed E-state index contributed by atoms with van der Waals surface area (Å²) in [6.07, 6.45) is 5.34. The van der Waals surface area contributed by atoms with E-state index in [4.69, 9.17) is 31.0 Å². The van der Waals surface area contributed by atoms with Gasteiger partial charge in [-0.1, -0.05) is 23.7 Å². The van der Waals surface area contributed by atoms with Crippen molar-refractivity contribution in [2.45, 2.75) is 70.7 Å². The van der Waals surface area contributed by atoms with Crippen LogP contribution in [0.4, 0.5) is 0 Å². The number of rotatable bonds is 10. The number of fused-ring (bicyclic) bond motifs is 2. The summed E-state index contributed by atoms with van der Waals surface area (Å²) >= 11 is 7.87. The van der Waals surface area contributed by atoms with Crippen LogP contribution in [0.5, 0.6) is 0 Å². The molecule has 5 aromatic rings. The Morgan fingerprint density at radius 3 is 2.48 bits per heavy atom. The van der Waals surface area contributed by atoms with Gasteiger partial charge in [0.2, 0.25) is 0 Å². The highest BCUT2D eigenvalue weighted by atomic mass is 35.5. The Balaban J connectivity index is 1.34. The number of halogens is 1. The van der Waals surface area contributed by atoms with E-state index < -0.39 is 17.7 Å². The number of piperidine rings is 1. The average molecular weight is 716 g/mol. The van der Waals surface area contributed by atoms with Crippen molar-refractivity contribution in [3.8, 4) is 21.7 Å². The SMILES string of the molecule is Cc1cc2nc(-c3cnc4c(c3)c(C3CCN(C5COC5)CC3)cn4CCN(C)C)sc2c(-c2ccc(Cl)cc2)c1C(OC(C)(C)C)C(=O)O. The van der Waals surface area contributed by atoms with Gasteiger partial charge in [-0.15, -0.1) is 11.3 Å². The molecule has 2 saturated heterocycles. The molecule has 7 rings (SSSR count). The lowest BCUT2D eigenvalue weighted by molar-refractivity contribution is -0.160. The number of benzene rings is 2. The van der Waals surface area contributed by atoms with Gasteiger partial charge in [0.15, 0.2) is 6.10 Å². The highest BCUT2D eigenvalue weighted by Crippen LogP contribution is 2.45. The zero-order valence-corrected chi connectivity index (χ0v) is 31.3. The summed E-state index contributed by atoms with van der Waals surface area (Å²) in [7, 11) is 4.20. The van der Waals surface area contributed by atoms with Gasteiger partial charge in [-0.05, 0) is 115 Å². The molecule has 1 atom stereocenters. The van der Waals surface area contributed by atoms with E-state index in [0.29, 0.717) is 22.5 Å². The van der Waals surface area contributed by atoms with Crippen LogP contribution in [0.3, 0.4) is 0 Å². The highest BCUT2D eigenvalue weighted by molar-refractivity contribution is 7.22. The number of thiazole rings is 1. The van der Waals surface area contributed by atoms with E-state index in [1.165, 1.54) is 10.9 Å². The molecule has 11 heteroatoms. The summed E-state index contributed by atoms with van der Waals surface area (Å²) in [6, 6.07) is 12.4. The Labute approximate surface area is 302 Å². The molecule has 50 heavy (non-hydrogen) atoms. The molecular formula is C39H46ClN5O4S. The first-order valence-electron chi connectivity index (χ1n) is 17.4. The second kappa shape index (κ2) is 14.0. The lowest BCUT2D eigenvalue weighted by Crippen LogP contribution is -2.51. The number of aryl methyl sites for hydroxylation is 1. The van der Waals surface area contributed by atoms with Gasteiger partial charge in [-0.3, -0.25) is 4.90 Å². The molecule has 0 amide bonds. The summed E-state index contributed by atoms with van der Waals surface area (Å²) in [5, 5.41) is 13.1. The van der Waals surface area contributed by atoms with Crippen LogP contribution in [0.25, 0.3) is 42.9 Å². The van der Waals surface area contributed by atoms with Crippen molar-refractivity contribution in [1.29, 1.82) is 0 Å². The largest absolute Gasteiger partial charge is 0.479 e. The first-order valence-corrected chi connectivity index (χ1v) is 18.6. The van der Waals surface area contributed by atoms with Crippen LogP contribution < -0.4 is 0 Å². The lowest BCUT2D eigenvalue weighted by atomic mass is 9.88. The standard InChI is InChI=1S/C39H46ClN5O4S/c1-23-17-31-35(33(25-7-9-27(40)10-8-25)32(23)34(38(46)47)49-39(2,3)4)50-37(42-31)26-18-29-30(20-45(16-15-43(5)6)36(29)41-19-26)24-11-13-44(14-12-24)28-21-48-22-28/h7-10,17-20,24,28,34H,11-16,21-22H2,1-6H3,(H,46,47). The fourth-order valence-electron chi connectivity index (χ4n) is 7.29. The Bertz CT molecular complexity index is 2020. The fourth-order valence-corrected chi connectivity index (χ4v) is 8.52. The third-order valence-electron chi connectivity index (χ3n) is 9.90. The van der Waals surface area contributed by atoms with E-state index in [0.717, 1.165) is 95.4 Å². The molecule has 2 aliphatic heterocycles. The summed E-state index contributed by atoms with van der Waals surface area (Å²) in [5.74, 6) is -0.574. The zero-order chi connectivity index (χ0) is 35.3. The maximum atomic E-state index is 12.8. The lowest BCUT2D eigenvalue weighted by Gasteiger charge is -2.41. The first-order chi connectivity index (χ1) is 23.9. The summed E-state index contributed by atoms with van der Waals surface area (Å²) in [6.45, 7) is 13.2. The van der Waals surface area contributed by atoms with Gasteiger partial charge in [0.1, 0.15) is 10.7 Å². The minimum Gasteiger partial charge on any atom is -0.479 e. The molecule has 0 bridgehead atoms. The molecule has 2 fully saturated rings. The number of carboxylic acids is 1. The normalized spacial score (nSPS) is 17.2. The van der Waals surface area contributed by atoms with Crippen LogP contribution in [0.2, 0.25) is 5.02 Å². The molecule has 0 radical (unpaired) electrons. The maximum absolute atomic E-state index is 12.8. The number of carbonyl (C=O) groups is 1. The molecule has 1 N–H and O–H groups in total. The molecule has 2 aromatic carbocycles. The number of likely N-dealkylation sites (N-methyl/N-ethyl adjacent to an activating group) is 1. The molecule has 9 nitrogen and oxygen atoms in total. The minimum atomic E-state index is -1.17. The van der Waals surface area contributed by atoms with Crippen molar-refractivity contribution < 1.29 is 19.4 Å². The van der Waals surface area contributed by atoms with Gasteiger partial charge in [0, 0.05) is 52.6 Å². The van der Waals surface area contributed by atoms with Gasteiger partial charge in [0.05, 0.1) is 35.1 Å². The van der Waals surface area contributed by atoms with Crippen LogP contribution in [0.1, 0.15) is 62.3 Å². The van der Waals surface area contributed by atoms with Crippen LogP contribution in [-0.4, -0.2) is 94.0 Å². The van der Waals surface area contributed by atoms with Crippen molar-refractivity contribution in [2.24, 2.45) is 0 Å². The van der Waals surface area contributed by atoms with E-state index in [1.54, 1.807) is 11.3 Å². The minimum absolute atomic E-state index is 0.459. The molecule has 0 aliphatic carbocycles. The van der Waals surface area contributed by atoms with E-state index in [9.17, 15) is 9.90 Å². The average Bonchev–Trinajstić information content (AvgIpc) is 3.63. The molecule has 3 aromatic heterocycles. The zero-order valence-electron chi connectivity index (χ0n) is 29.7. The van der Waals surface area contributed by atoms with E-state index in [2.05, 4.69) is 40.7 Å². The third-order valence-corrected chi connectivity index (χ3v) is 11.3.